The lowest BCUT2D eigenvalue weighted by atomic mass is 10.0. The zero-order valence-electron chi connectivity index (χ0n) is 25.6. The van der Waals surface area contributed by atoms with Crippen LogP contribution >= 0.6 is 19.4 Å². The number of nitrogens with zero attached hydrogens (tertiary/aromatic N) is 1. The summed E-state index contributed by atoms with van der Waals surface area (Å²) in [5.41, 5.74) is 0.748. The summed E-state index contributed by atoms with van der Waals surface area (Å²) in [5, 5.41) is 15.2. The van der Waals surface area contributed by atoms with Crippen molar-refractivity contribution in [2.24, 2.45) is 0 Å². The van der Waals surface area contributed by atoms with Gasteiger partial charge in [0.1, 0.15) is 17.8 Å². The molecular weight excluding hydrogens is 625 g/mol. The summed E-state index contributed by atoms with van der Waals surface area (Å²) >= 11 is 5.94. The van der Waals surface area contributed by atoms with E-state index in [4.69, 9.17) is 21.4 Å². The molecular formula is C31H43ClN3O9P. The topological polar surface area (TPSA) is 183 Å². The van der Waals surface area contributed by atoms with Gasteiger partial charge in [-0.2, -0.15) is 0 Å². The number of amides is 3. The summed E-state index contributed by atoms with van der Waals surface area (Å²) in [6.07, 6.45) is 4.75. The third-order valence-electron chi connectivity index (χ3n) is 6.95. The number of hydrogen-bond donors (Lipinski definition) is 5. The van der Waals surface area contributed by atoms with Gasteiger partial charge in [0.15, 0.2) is 0 Å². The van der Waals surface area contributed by atoms with Crippen molar-refractivity contribution in [2.75, 3.05) is 13.1 Å². The summed E-state index contributed by atoms with van der Waals surface area (Å²) in [6, 6.07) is 9.29. The van der Waals surface area contributed by atoms with Gasteiger partial charge in [-0.25, -0.2) is 4.57 Å². The normalized spacial score (nSPS) is 12.6. The molecule has 0 saturated heterocycles. The molecule has 0 spiro atoms. The van der Waals surface area contributed by atoms with Crippen LogP contribution in [0, 0.1) is 0 Å². The third kappa shape index (κ3) is 14.5. The number of carboxylic acid groups (broad SMARTS) is 1. The fraction of sp³-hybridized carbons (Fsp3) is 0.484. The van der Waals surface area contributed by atoms with Crippen molar-refractivity contribution in [1.82, 2.24) is 15.5 Å². The number of benzene rings is 2. The second kappa shape index (κ2) is 19.2. The Kier molecular flexibility index (Phi) is 16.1. The summed E-state index contributed by atoms with van der Waals surface area (Å²) in [7, 11) is -4.78. The van der Waals surface area contributed by atoms with E-state index in [1.165, 1.54) is 48.5 Å². The number of nitrogens with one attached hydrogen (secondary N) is 2. The van der Waals surface area contributed by atoms with Crippen LogP contribution in [0.2, 0.25) is 5.02 Å². The number of carbonyl (C=O) groups is 4. The second-order valence-corrected chi connectivity index (χ2v) is 12.3. The fourth-order valence-corrected chi connectivity index (χ4v) is 5.09. The predicted octanol–water partition coefficient (Wildman–Crippen LogP) is 4.71. The van der Waals surface area contributed by atoms with Crippen molar-refractivity contribution in [3.63, 3.8) is 0 Å². The van der Waals surface area contributed by atoms with Gasteiger partial charge in [-0.1, -0.05) is 63.3 Å². The molecule has 0 fully saturated rings. The first-order valence-electron chi connectivity index (χ1n) is 15.0. The number of carbonyl (C=O) groups excluding carboxylic acids is 3. The summed E-state index contributed by atoms with van der Waals surface area (Å²) < 4.78 is 15.7. The van der Waals surface area contributed by atoms with Crippen molar-refractivity contribution in [2.45, 2.75) is 83.7 Å². The fourth-order valence-electron chi connectivity index (χ4n) is 4.57. The molecule has 14 heteroatoms. The monoisotopic (exact) mass is 667 g/mol. The standard InChI is InChI=1S/C31H43ClN3O9P/c1-3-5-7-19-35(20-8-6-4-2)31(40)26(17-18-28(36)37)33-30(39)27(34-29(38)23-11-13-24(32)14-12-23)21-22-9-15-25(16-10-22)44-45(41,42)43/h9-16,26-27H,3-8,17-21H2,1-2H3,(H,33,39)(H,34,38)(H,36,37)(H2,41,42,43)/t26-,27-/m0/s1. The third-order valence-corrected chi connectivity index (χ3v) is 7.65. The van der Waals surface area contributed by atoms with E-state index in [0.29, 0.717) is 23.7 Å². The molecule has 0 aliphatic heterocycles. The van der Waals surface area contributed by atoms with Crippen LogP contribution in [-0.2, 0) is 25.4 Å². The van der Waals surface area contributed by atoms with Gasteiger partial charge in [-0.05, 0) is 61.2 Å². The first-order valence-corrected chi connectivity index (χ1v) is 16.9. The summed E-state index contributed by atoms with van der Waals surface area (Å²) in [5.74, 6) is -2.86. The van der Waals surface area contributed by atoms with E-state index < -0.39 is 37.7 Å². The Hall–Kier alpha value is -3.44. The molecule has 0 aliphatic carbocycles. The van der Waals surface area contributed by atoms with Crippen LogP contribution < -0.4 is 15.2 Å². The summed E-state index contributed by atoms with van der Waals surface area (Å²) in [6.45, 7) is 5.07. The maximum atomic E-state index is 13.7. The molecule has 2 aromatic carbocycles. The first-order chi connectivity index (χ1) is 21.3. The first kappa shape index (κ1) is 37.7. The lowest BCUT2D eigenvalue weighted by Gasteiger charge is -2.29. The number of hydrogen-bond acceptors (Lipinski definition) is 6. The number of unbranched alkanes of at least 4 members (excludes halogenated alkanes) is 4. The molecule has 2 atom stereocenters. The largest absolute Gasteiger partial charge is 0.524 e. The van der Waals surface area contributed by atoms with Crippen molar-refractivity contribution >= 4 is 43.1 Å². The maximum absolute atomic E-state index is 13.7. The molecule has 0 saturated carbocycles. The molecule has 0 aromatic heterocycles. The molecule has 2 rings (SSSR count). The lowest BCUT2D eigenvalue weighted by molar-refractivity contribution is -0.139. The quantitative estimate of drug-likeness (QED) is 0.0986. The number of aliphatic carboxylic acids is 1. The van der Waals surface area contributed by atoms with Crippen LogP contribution in [0.25, 0.3) is 0 Å². The molecule has 248 valence electrons. The van der Waals surface area contributed by atoms with Crippen molar-refractivity contribution in [1.29, 1.82) is 0 Å². The smallest absolute Gasteiger partial charge is 0.481 e. The van der Waals surface area contributed by atoms with E-state index in [9.17, 15) is 28.8 Å². The van der Waals surface area contributed by atoms with Gasteiger partial charge in [0.2, 0.25) is 11.8 Å². The van der Waals surface area contributed by atoms with Gasteiger partial charge >= 0.3 is 13.8 Å². The molecule has 0 aliphatic rings. The van der Waals surface area contributed by atoms with Crippen molar-refractivity contribution < 1.29 is 43.2 Å². The average molecular weight is 668 g/mol. The molecule has 45 heavy (non-hydrogen) atoms. The maximum Gasteiger partial charge on any atom is 0.524 e. The molecule has 0 bridgehead atoms. The van der Waals surface area contributed by atoms with Crippen LogP contribution in [0.3, 0.4) is 0 Å². The van der Waals surface area contributed by atoms with Gasteiger partial charge in [0.25, 0.3) is 5.91 Å². The zero-order chi connectivity index (χ0) is 33.4. The second-order valence-electron chi connectivity index (χ2n) is 10.7. The van der Waals surface area contributed by atoms with Crippen molar-refractivity contribution in [3.8, 4) is 5.75 Å². The Morgan fingerprint density at radius 2 is 1.44 bits per heavy atom. The molecule has 0 heterocycles. The van der Waals surface area contributed by atoms with Gasteiger partial charge in [-0.3, -0.25) is 29.0 Å². The minimum Gasteiger partial charge on any atom is -0.481 e. The SMILES string of the molecule is CCCCCN(CCCCC)C(=O)[C@H](CCC(=O)O)NC(=O)[C@H](Cc1ccc(OP(=O)(O)O)cc1)NC(=O)c1ccc(Cl)cc1. The zero-order valence-corrected chi connectivity index (χ0v) is 27.3. The van der Waals surface area contributed by atoms with Gasteiger partial charge in [0.05, 0.1) is 0 Å². The number of rotatable bonds is 20. The molecule has 0 unspecified atom stereocenters. The number of phosphoric ester groups is 1. The van der Waals surface area contributed by atoms with Crippen LogP contribution in [0.5, 0.6) is 5.75 Å². The minimum absolute atomic E-state index is 0.0576. The van der Waals surface area contributed by atoms with Crippen LogP contribution in [0.1, 0.15) is 81.1 Å². The Balaban J connectivity index is 2.34. The van der Waals surface area contributed by atoms with Crippen molar-refractivity contribution in [3.05, 3.63) is 64.7 Å². The summed E-state index contributed by atoms with van der Waals surface area (Å²) in [4.78, 5) is 71.8. The van der Waals surface area contributed by atoms with E-state index in [-0.39, 0.29) is 36.5 Å². The molecule has 0 radical (unpaired) electrons. The van der Waals surface area contributed by atoms with E-state index in [1.54, 1.807) is 4.90 Å². The highest BCUT2D eigenvalue weighted by atomic mass is 35.5. The van der Waals surface area contributed by atoms with Gasteiger partial charge in [0, 0.05) is 36.5 Å². The number of carboxylic acids is 1. The van der Waals surface area contributed by atoms with E-state index in [0.717, 1.165) is 38.5 Å². The Morgan fingerprint density at radius 1 is 0.867 bits per heavy atom. The van der Waals surface area contributed by atoms with Gasteiger partial charge < -0.3 is 25.2 Å². The van der Waals surface area contributed by atoms with Crippen LogP contribution in [-0.4, -0.2) is 68.7 Å². The highest BCUT2D eigenvalue weighted by Gasteiger charge is 2.30. The Bertz CT molecular complexity index is 1290. The van der Waals surface area contributed by atoms with E-state index in [1.807, 2.05) is 0 Å². The highest BCUT2D eigenvalue weighted by Crippen LogP contribution is 2.37. The number of halogens is 1. The average Bonchev–Trinajstić information content (AvgIpc) is 2.98. The van der Waals surface area contributed by atoms with E-state index in [2.05, 4.69) is 29.0 Å². The van der Waals surface area contributed by atoms with Crippen LogP contribution in [0.15, 0.2) is 48.5 Å². The minimum atomic E-state index is -4.78. The Labute approximate surface area is 268 Å². The number of phosphoric acid groups is 1. The molecule has 12 nitrogen and oxygen atoms in total. The Morgan fingerprint density at radius 3 is 1.96 bits per heavy atom. The van der Waals surface area contributed by atoms with Gasteiger partial charge in [-0.15, -0.1) is 0 Å². The van der Waals surface area contributed by atoms with Crippen LogP contribution in [0.4, 0.5) is 0 Å². The molecule has 3 amide bonds. The molecule has 2 aromatic rings. The lowest BCUT2D eigenvalue weighted by Crippen LogP contribution is -2.55. The molecule has 5 N–H and O–H groups in total. The van der Waals surface area contributed by atoms with E-state index >= 15 is 0 Å². The predicted molar refractivity (Wildman–Crippen MR) is 170 cm³/mol. The highest BCUT2D eigenvalue weighted by molar-refractivity contribution is 7.46.